The molecule has 2 aromatic rings. The number of anilines is 1. The van der Waals surface area contributed by atoms with Gasteiger partial charge in [0, 0.05) is 25.5 Å². The van der Waals surface area contributed by atoms with Crippen molar-refractivity contribution >= 4 is 11.9 Å². The molecule has 2 N–H and O–H groups in total. The van der Waals surface area contributed by atoms with E-state index in [-0.39, 0.29) is 11.7 Å². The van der Waals surface area contributed by atoms with Gasteiger partial charge in [0.05, 0.1) is 5.56 Å². The van der Waals surface area contributed by atoms with Crippen molar-refractivity contribution in [3.8, 4) is 0 Å². The number of carbonyl (C=O) groups excluding carboxylic acids is 1. The average molecular weight is 330 g/mol. The Morgan fingerprint density at radius 2 is 1.79 bits per heavy atom. The van der Waals surface area contributed by atoms with Crippen LogP contribution in [0.3, 0.4) is 0 Å². The van der Waals surface area contributed by atoms with E-state index >= 15 is 0 Å². The Hall–Kier alpha value is -2.50. The summed E-state index contributed by atoms with van der Waals surface area (Å²) in [5, 5.41) is 5.94. The summed E-state index contributed by atoms with van der Waals surface area (Å²) in [4.78, 5) is 20.2. The van der Waals surface area contributed by atoms with Gasteiger partial charge in [-0.05, 0) is 30.5 Å². The normalized spacial score (nSPS) is 10.4. The first-order valence-electron chi connectivity index (χ1n) is 8.27. The van der Waals surface area contributed by atoms with Crippen LogP contribution in [0, 0.1) is 5.82 Å². The molecule has 0 bridgehead atoms. The highest BCUT2D eigenvalue weighted by molar-refractivity contribution is 5.93. The van der Waals surface area contributed by atoms with Crippen molar-refractivity contribution in [1.82, 2.24) is 15.3 Å². The van der Waals surface area contributed by atoms with E-state index < -0.39 is 0 Å². The van der Waals surface area contributed by atoms with Crippen molar-refractivity contribution in [1.29, 1.82) is 0 Å². The van der Waals surface area contributed by atoms with Crippen molar-refractivity contribution in [2.24, 2.45) is 0 Å². The zero-order chi connectivity index (χ0) is 17.2. The smallest absolute Gasteiger partial charge is 0.254 e. The van der Waals surface area contributed by atoms with Crippen LogP contribution >= 0.6 is 0 Å². The molecule has 1 aromatic carbocycles. The van der Waals surface area contributed by atoms with Gasteiger partial charge in [-0.3, -0.25) is 4.79 Å². The summed E-state index contributed by atoms with van der Waals surface area (Å²) >= 11 is 0. The Morgan fingerprint density at radius 3 is 2.46 bits per heavy atom. The molecule has 128 valence electrons. The van der Waals surface area contributed by atoms with Crippen LogP contribution in [0.5, 0.6) is 0 Å². The lowest BCUT2D eigenvalue weighted by Gasteiger charge is -2.07. The Bertz CT molecular complexity index is 628. The predicted molar refractivity (Wildman–Crippen MR) is 92.5 cm³/mol. The Balaban J connectivity index is 1.75. The summed E-state index contributed by atoms with van der Waals surface area (Å²) < 4.78 is 12.8. The summed E-state index contributed by atoms with van der Waals surface area (Å²) in [7, 11) is 0. The van der Waals surface area contributed by atoms with Crippen LogP contribution in [0.15, 0.2) is 36.7 Å². The SMILES string of the molecule is CCCCCNC(=O)c1cnc(NCCc2ccc(F)cc2)nc1. The summed E-state index contributed by atoms with van der Waals surface area (Å²) in [6.07, 6.45) is 6.98. The standard InChI is InChI=1S/C18H23FN4O/c1-2-3-4-10-20-17(24)15-12-22-18(23-13-15)21-11-9-14-5-7-16(19)8-6-14/h5-8,12-13H,2-4,9-11H2,1H3,(H,20,24)(H,21,22,23). The Labute approximate surface area is 141 Å². The first-order valence-corrected chi connectivity index (χ1v) is 8.27. The molecular formula is C18H23FN4O. The lowest BCUT2D eigenvalue weighted by Crippen LogP contribution is -2.24. The van der Waals surface area contributed by atoms with E-state index in [0.717, 1.165) is 31.2 Å². The van der Waals surface area contributed by atoms with Gasteiger partial charge >= 0.3 is 0 Å². The number of nitrogens with one attached hydrogen (secondary N) is 2. The second-order valence-electron chi connectivity index (χ2n) is 5.56. The molecule has 2 rings (SSSR count). The molecule has 1 heterocycles. The topological polar surface area (TPSA) is 66.9 Å². The third kappa shape index (κ3) is 5.95. The molecule has 0 fully saturated rings. The molecule has 0 atom stereocenters. The number of amides is 1. The minimum Gasteiger partial charge on any atom is -0.354 e. The molecule has 0 aliphatic rings. The van der Waals surface area contributed by atoms with Gasteiger partial charge in [0.2, 0.25) is 5.95 Å². The molecule has 24 heavy (non-hydrogen) atoms. The van der Waals surface area contributed by atoms with Gasteiger partial charge in [-0.2, -0.15) is 0 Å². The maximum Gasteiger partial charge on any atom is 0.254 e. The zero-order valence-electron chi connectivity index (χ0n) is 13.9. The fraction of sp³-hybridized carbons (Fsp3) is 0.389. The van der Waals surface area contributed by atoms with Crippen LogP contribution in [0.4, 0.5) is 10.3 Å². The van der Waals surface area contributed by atoms with Crippen molar-refractivity contribution in [3.05, 3.63) is 53.6 Å². The van der Waals surface area contributed by atoms with E-state index in [9.17, 15) is 9.18 Å². The van der Waals surface area contributed by atoms with Gasteiger partial charge in [-0.1, -0.05) is 31.9 Å². The lowest BCUT2D eigenvalue weighted by atomic mass is 10.1. The first kappa shape index (κ1) is 17.8. The number of nitrogens with zero attached hydrogens (tertiary/aromatic N) is 2. The highest BCUT2D eigenvalue weighted by atomic mass is 19.1. The zero-order valence-corrected chi connectivity index (χ0v) is 13.9. The second-order valence-corrected chi connectivity index (χ2v) is 5.56. The molecule has 0 saturated heterocycles. The van der Waals surface area contributed by atoms with E-state index in [1.165, 1.54) is 24.5 Å². The number of hydrogen-bond donors (Lipinski definition) is 2. The Kier molecular flexibility index (Phi) is 7.14. The second kappa shape index (κ2) is 9.60. The molecule has 1 aromatic heterocycles. The van der Waals surface area contributed by atoms with E-state index in [4.69, 9.17) is 0 Å². The molecule has 5 nitrogen and oxygen atoms in total. The van der Waals surface area contributed by atoms with Crippen molar-refractivity contribution in [2.75, 3.05) is 18.4 Å². The third-order valence-corrected chi connectivity index (χ3v) is 3.59. The monoisotopic (exact) mass is 330 g/mol. The fourth-order valence-corrected chi connectivity index (χ4v) is 2.19. The fourth-order valence-electron chi connectivity index (χ4n) is 2.19. The highest BCUT2D eigenvalue weighted by Crippen LogP contribution is 2.05. The minimum atomic E-state index is -0.237. The van der Waals surface area contributed by atoms with Crippen LogP contribution in [0.25, 0.3) is 0 Å². The maximum absolute atomic E-state index is 12.8. The third-order valence-electron chi connectivity index (χ3n) is 3.59. The van der Waals surface area contributed by atoms with Gasteiger partial charge in [0.1, 0.15) is 5.82 Å². The highest BCUT2D eigenvalue weighted by Gasteiger charge is 2.06. The van der Waals surface area contributed by atoms with Crippen molar-refractivity contribution in [3.63, 3.8) is 0 Å². The van der Waals surface area contributed by atoms with Crippen LogP contribution in [0.2, 0.25) is 0 Å². The number of aromatic nitrogens is 2. The number of rotatable bonds is 9. The molecule has 0 aliphatic heterocycles. The van der Waals surface area contributed by atoms with Crippen molar-refractivity contribution < 1.29 is 9.18 Å². The summed E-state index contributed by atoms with van der Waals surface area (Å²) in [5.41, 5.74) is 1.49. The quantitative estimate of drug-likeness (QED) is 0.693. The summed E-state index contributed by atoms with van der Waals surface area (Å²) in [6, 6.07) is 6.40. The summed E-state index contributed by atoms with van der Waals surface area (Å²) in [6.45, 7) is 3.43. The molecule has 0 saturated carbocycles. The summed E-state index contributed by atoms with van der Waals surface area (Å²) in [5.74, 6) is 0.0854. The number of benzene rings is 1. The lowest BCUT2D eigenvalue weighted by molar-refractivity contribution is 0.0952. The molecule has 0 aliphatic carbocycles. The van der Waals surface area contributed by atoms with Gasteiger partial charge in [-0.25, -0.2) is 14.4 Å². The molecule has 0 unspecified atom stereocenters. The molecule has 1 amide bonds. The van der Waals surface area contributed by atoms with Crippen molar-refractivity contribution in [2.45, 2.75) is 32.6 Å². The minimum absolute atomic E-state index is 0.149. The van der Waals surface area contributed by atoms with Gasteiger partial charge in [0.15, 0.2) is 0 Å². The van der Waals surface area contributed by atoms with E-state index in [0.29, 0.717) is 24.6 Å². The molecular weight excluding hydrogens is 307 g/mol. The van der Waals surface area contributed by atoms with E-state index in [1.807, 2.05) is 0 Å². The number of halogens is 1. The van der Waals surface area contributed by atoms with Gasteiger partial charge in [0.25, 0.3) is 5.91 Å². The number of hydrogen-bond acceptors (Lipinski definition) is 4. The predicted octanol–water partition coefficient (Wildman–Crippen LogP) is 3.19. The van der Waals surface area contributed by atoms with Gasteiger partial charge < -0.3 is 10.6 Å². The number of carbonyl (C=O) groups is 1. The largest absolute Gasteiger partial charge is 0.354 e. The molecule has 0 radical (unpaired) electrons. The van der Waals surface area contributed by atoms with Crippen LogP contribution < -0.4 is 10.6 Å². The number of unbranched alkanes of at least 4 members (excludes halogenated alkanes) is 2. The average Bonchev–Trinajstić information content (AvgIpc) is 2.61. The van der Waals surface area contributed by atoms with Gasteiger partial charge in [-0.15, -0.1) is 0 Å². The van der Waals surface area contributed by atoms with Crippen LogP contribution in [-0.2, 0) is 6.42 Å². The van der Waals surface area contributed by atoms with E-state index in [1.54, 1.807) is 12.1 Å². The molecule has 6 heteroatoms. The Morgan fingerprint density at radius 1 is 1.08 bits per heavy atom. The van der Waals surface area contributed by atoms with E-state index in [2.05, 4.69) is 27.5 Å². The first-order chi connectivity index (χ1) is 11.7. The van der Waals surface area contributed by atoms with Crippen LogP contribution in [-0.4, -0.2) is 29.0 Å². The maximum atomic E-state index is 12.8. The van der Waals surface area contributed by atoms with Crippen LogP contribution in [0.1, 0.15) is 42.1 Å². The molecule has 0 spiro atoms.